The summed E-state index contributed by atoms with van der Waals surface area (Å²) in [7, 11) is 0. The van der Waals surface area contributed by atoms with E-state index in [9.17, 15) is 0 Å². The van der Waals surface area contributed by atoms with Crippen molar-refractivity contribution in [1.29, 1.82) is 0 Å². The Hall–Kier alpha value is -0.830. The molecule has 0 spiro atoms. The van der Waals surface area contributed by atoms with E-state index in [4.69, 9.17) is 9.63 Å². The molecular weight excluding hydrogens is 166 g/mol. The SMILES string of the molecule is CC.CC(C)c1cc(CCO)no1. The van der Waals surface area contributed by atoms with E-state index in [1.54, 1.807) is 0 Å². The molecule has 3 heteroatoms. The number of aliphatic hydroxyl groups excluding tert-OH is 1. The van der Waals surface area contributed by atoms with Gasteiger partial charge in [-0.05, 0) is 0 Å². The first-order valence-electron chi connectivity index (χ1n) is 4.80. The molecule has 0 atom stereocenters. The molecule has 0 saturated carbocycles. The molecule has 1 aromatic rings. The molecule has 0 bridgehead atoms. The zero-order chi connectivity index (χ0) is 10.3. The van der Waals surface area contributed by atoms with Crippen LogP contribution in [0.15, 0.2) is 10.6 Å². The molecule has 13 heavy (non-hydrogen) atoms. The van der Waals surface area contributed by atoms with Crippen molar-refractivity contribution in [3.8, 4) is 0 Å². The van der Waals surface area contributed by atoms with Crippen molar-refractivity contribution in [3.63, 3.8) is 0 Å². The molecule has 1 heterocycles. The first kappa shape index (κ1) is 12.2. The zero-order valence-electron chi connectivity index (χ0n) is 8.87. The molecule has 0 amide bonds. The van der Waals surface area contributed by atoms with E-state index in [1.807, 2.05) is 33.8 Å². The van der Waals surface area contributed by atoms with Crippen molar-refractivity contribution in [1.82, 2.24) is 5.16 Å². The number of nitrogens with zero attached hydrogens (tertiary/aromatic N) is 1. The quantitative estimate of drug-likeness (QED) is 0.786. The van der Waals surface area contributed by atoms with Gasteiger partial charge in [-0.15, -0.1) is 0 Å². The van der Waals surface area contributed by atoms with E-state index in [-0.39, 0.29) is 6.61 Å². The van der Waals surface area contributed by atoms with Crippen LogP contribution in [0.1, 0.15) is 45.1 Å². The number of aliphatic hydroxyl groups is 1. The van der Waals surface area contributed by atoms with Crippen molar-refractivity contribution in [2.24, 2.45) is 0 Å². The number of aromatic nitrogens is 1. The van der Waals surface area contributed by atoms with Gasteiger partial charge in [0.1, 0.15) is 5.76 Å². The van der Waals surface area contributed by atoms with Crippen molar-refractivity contribution >= 4 is 0 Å². The monoisotopic (exact) mass is 185 g/mol. The summed E-state index contributed by atoms with van der Waals surface area (Å²) in [6, 6.07) is 1.89. The zero-order valence-corrected chi connectivity index (χ0v) is 8.87. The summed E-state index contributed by atoms with van der Waals surface area (Å²) >= 11 is 0. The average molecular weight is 185 g/mol. The van der Waals surface area contributed by atoms with Crippen molar-refractivity contribution < 1.29 is 9.63 Å². The van der Waals surface area contributed by atoms with E-state index < -0.39 is 0 Å². The molecule has 3 nitrogen and oxygen atoms in total. The lowest BCUT2D eigenvalue weighted by Crippen LogP contribution is -1.89. The van der Waals surface area contributed by atoms with Crippen LogP contribution in [0, 0.1) is 0 Å². The second kappa shape index (κ2) is 6.66. The third-order valence-electron chi connectivity index (χ3n) is 1.51. The van der Waals surface area contributed by atoms with Gasteiger partial charge in [-0.2, -0.15) is 0 Å². The van der Waals surface area contributed by atoms with Gasteiger partial charge in [-0.3, -0.25) is 0 Å². The fourth-order valence-corrected chi connectivity index (χ4v) is 0.833. The maximum absolute atomic E-state index is 8.59. The second-order valence-corrected chi connectivity index (χ2v) is 2.85. The lowest BCUT2D eigenvalue weighted by Gasteiger charge is -1.93. The van der Waals surface area contributed by atoms with Crippen molar-refractivity contribution in [2.75, 3.05) is 6.61 Å². The Balaban J connectivity index is 0.000000671. The smallest absolute Gasteiger partial charge is 0.139 e. The lowest BCUT2D eigenvalue weighted by molar-refractivity contribution is 0.293. The summed E-state index contributed by atoms with van der Waals surface area (Å²) in [5, 5.41) is 12.4. The molecule has 0 aromatic carbocycles. The van der Waals surface area contributed by atoms with E-state index in [2.05, 4.69) is 5.16 Å². The first-order valence-corrected chi connectivity index (χ1v) is 4.80. The lowest BCUT2D eigenvalue weighted by atomic mass is 10.1. The summed E-state index contributed by atoms with van der Waals surface area (Å²) in [5.74, 6) is 1.25. The predicted molar refractivity (Wildman–Crippen MR) is 52.7 cm³/mol. The molecule has 0 radical (unpaired) electrons. The molecule has 1 rings (SSSR count). The maximum Gasteiger partial charge on any atom is 0.139 e. The summed E-state index contributed by atoms with van der Waals surface area (Å²) in [5.41, 5.74) is 0.830. The van der Waals surface area contributed by atoms with Crippen LogP contribution in [-0.4, -0.2) is 16.9 Å². The number of hydrogen-bond donors (Lipinski definition) is 1. The first-order chi connectivity index (χ1) is 6.24. The van der Waals surface area contributed by atoms with Crippen LogP contribution >= 0.6 is 0 Å². The minimum Gasteiger partial charge on any atom is -0.396 e. The molecule has 1 N–H and O–H groups in total. The van der Waals surface area contributed by atoms with Gasteiger partial charge in [0.15, 0.2) is 0 Å². The topological polar surface area (TPSA) is 46.3 Å². The van der Waals surface area contributed by atoms with Gasteiger partial charge in [0.2, 0.25) is 0 Å². The van der Waals surface area contributed by atoms with Gasteiger partial charge in [0, 0.05) is 25.0 Å². The van der Waals surface area contributed by atoms with Crippen LogP contribution in [0.25, 0.3) is 0 Å². The van der Waals surface area contributed by atoms with E-state index in [0.29, 0.717) is 12.3 Å². The number of hydrogen-bond acceptors (Lipinski definition) is 3. The largest absolute Gasteiger partial charge is 0.396 e. The van der Waals surface area contributed by atoms with Crippen LogP contribution in [-0.2, 0) is 6.42 Å². The molecule has 0 aliphatic heterocycles. The highest BCUT2D eigenvalue weighted by Crippen LogP contribution is 2.14. The van der Waals surface area contributed by atoms with E-state index in [0.717, 1.165) is 11.5 Å². The Morgan fingerprint density at radius 1 is 1.46 bits per heavy atom. The van der Waals surface area contributed by atoms with Gasteiger partial charge in [-0.25, -0.2) is 0 Å². The summed E-state index contributed by atoms with van der Waals surface area (Å²) in [6.45, 7) is 8.22. The Kier molecular flexibility index (Phi) is 6.24. The Bertz CT molecular complexity index is 218. The minimum atomic E-state index is 0.129. The molecule has 0 aliphatic carbocycles. The highest BCUT2D eigenvalue weighted by molar-refractivity contribution is 5.08. The Morgan fingerprint density at radius 2 is 2.08 bits per heavy atom. The third-order valence-corrected chi connectivity index (χ3v) is 1.51. The molecule has 76 valence electrons. The number of rotatable bonds is 3. The van der Waals surface area contributed by atoms with E-state index >= 15 is 0 Å². The van der Waals surface area contributed by atoms with Crippen molar-refractivity contribution in [3.05, 3.63) is 17.5 Å². The maximum atomic E-state index is 8.59. The van der Waals surface area contributed by atoms with Crippen LogP contribution < -0.4 is 0 Å². The van der Waals surface area contributed by atoms with Gasteiger partial charge in [-0.1, -0.05) is 32.9 Å². The van der Waals surface area contributed by atoms with Gasteiger partial charge in [0.05, 0.1) is 5.69 Å². The summed E-state index contributed by atoms with van der Waals surface area (Å²) in [4.78, 5) is 0. The standard InChI is InChI=1S/C8H13NO2.C2H6/c1-6(2)8-5-7(3-4-10)9-11-8;1-2/h5-6,10H,3-4H2,1-2H3;1-2H3. The minimum absolute atomic E-state index is 0.129. The van der Waals surface area contributed by atoms with Gasteiger partial charge < -0.3 is 9.63 Å². The second-order valence-electron chi connectivity index (χ2n) is 2.85. The summed E-state index contributed by atoms with van der Waals surface area (Å²) in [6.07, 6.45) is 0.580. The van der Waals surface area contributed by atoms with Gasteiger partial charge >= 0.3 is 0 Å². The van der Waals surface area contributed by atoms with E-state index in [1.165, 1.54) is 0 Å². The predicted octanol–water partition coefficient (Wildman–Crippen LogP) is 2.36. The van der Waals surface area contributed by atoms with Crippen LogP contribution in [0.5, 0.6) is 0 Å². The van der Waals surface area contributed by atoms with Crippen LogP contribution in [0.4, 0.5) is 0 Å². The van der Waals surface area contributed by atoms with Crippen molar-refractivity contribution in [2.45, 2.75) is 40.0 Å². The molecular formula is C10H19NO2. The normalized spacial score (nSPS) is 9.69. The summed E-state index contributed by atoms with van der Waals surface area (Å²) < 4.78 is 5.02. The van der Waals surface area contributed by atoms with Gasteiger partial charge in [0.25, 0.3) is 0 Å². The fourth-order valence-electron chi connectivity index (χ4n) is 0.833. The van der Waals surface area contributed by atoms with Crippen LogP contribution in [0.2, 0.25) is 0 Å². The Labute approximate surface area is 79.8 Å². The highest BCUT2D eigenvalue weighted by Gasteiger charge is 2.06. The molecule has 0 fully saturated rings. The molecule has 0 saturated heterocycles. The Morgan fingerprint density at radius 3 is 2.46 bits per heavy atom. The third kappa shape index (κ3) is 4.08. The van der Waals surface area contributed by atoms with Crippen LogP contribution in [0.3, 0.4) is 0 Å². The molecule has 1 aromatic heterocycles. The highest BCUT2D eigenvalue weighted by atomic mass is 16.5. The molecule has 0 aliphatic rings. The fraction of sp³-hybridized carbons (Fsp3) is 0.700. The molecule has 0 unspecified atom stereocenters. The average Bonchev–Trinajstić information content (AvgIpc) is 2.57.